The zero-order chi connectivity index (χ0) is 36.4. The lowest BCUT2D eigenvalue weighted by molar-refractivity contribution is -0.192. The number of oxime groups is 1. The van der Waals surface area contributed by atoms with Gasteiger partial charge in [-0.3, -0.25) is 9.59 Å². The Kier molecular flexibility index (Phi) is 11.7. The molecule has 3 heterocycles. The van der Waals surface area contributed by atoms with Gasteiger partial charge >= 0.3 is 18.1 Å². The number of nitrogens with zero attached hydrogens (tertiary/aromatic N) is 4. The number of anilines is 1. The van der Waals surface area contributed by atoms with Crippen LogP contribution < -0.4 is 15.5 Å². The average molecular weight is 697 g/mol. The summed E-state index contributed by atoms with van der Waals surface area (Å²) in [6, 6.07) is 15.4. The van der Waals surface area contributed by atoms with E-state index >= 15 is 0 Å². The van der Waals surface area contributed by atoms with Crippen molar-refractivity contribution in [3.05, 3.63) is 84.6 Å². The van der Waals surface area contributed by atoms with Crippen LogP contribution in [0.4, 0.5) is 19.0 Å². The number of hydrogen-bond acceptors (Lipinski definition) is 8. The highest BCUT2D eigenvalue weighted by Crippen LogP contribution is 2.25. The number of alkyl halides is 3. The van der Waals surface area contributed by atoms with Crippen LogP contribution in [0.1, 0.15) is 25.1 Å². The van der Waals surface area contributed by atoms with Crippen molar-refractivity contribution in [1.29, 1.82) is 0 Å². The van der Waals surface area contributed by atoms with Crippen LogP contribution in [-0.2, 0) is 32.1 Å². The van der Waals surface area contributed by atoms with E-state index in [1.165, 1.54) is 23.3 Å². The standard InChI is InChI=1S/C30H30N8O5.C2HF3O2/c1-18(2)29(40)37-28-26(27-32-14-20(35-27)15-34-43-21-8-4-3-5-9-21)33-17-38(28)16-25(39)36-24(30(41)42)12-19-13-31-23-11-7-6-10-22(19)23;3-2(4,5)1(6)7/h3-11,13-15,17-18,24,31H,12,16H2,1-2H3,(H,32,35)(H,36,39)(H,37,40)(H,41,42);(H,6,7)/b34-15-;/t24-;/m0./s1. The minimum atomic E-state index is -5.08. The number of carbonyl (C=O) groups excluding carboxylic acids is 2. The first-order valence-electron chi connectivity index (χ1n) is 14.8. The molecule has 0 fully saturated rings. The molecule has 0 aliphatic rings. The first-order valence-corrected chi connectivity index (χ1v) is 14.8. The van der Waals surface area contributed by atoms with Crippen molar-refractivity contribution in [2.24, 2.45) is 11.1 Å². The second-order valence-electron chi connectivity index (χ2n) is 10.9. The van der Waals surface area contributed by atoms with E-state index in [-0.39, 0.29) is 30.6 Å². The lowest BCUT2D eigenvalue weighted by Crippen LogP contribution is -2.43. The van der Waals surface area contributed by atoms with E-state index < -0.39 is 30.1 Å². The summed E-state index contributed by atoms with van der Waals surface area (Å²) in [6.45, 7) is 3.18. The van der Waals surface area contributed by atoms with Crippen molar-refractivity contribution in [2.45, 2.75) is 39.0 Å². The number of aliphatic carboxylic acids is 2. The third kappa shape index (κ3) is 9.78. The number of carboxylic acid groups (broad SMARTS) is 2. The summed E-state index contributed by atoms with van der Waals surface area (Å²) in [5.41, 5.74) is 2.45. The van der Waals surface area contributed by atoms with E-state index in [1.54, 1.807) is 32.2 Å². The lowest BCUT2D eigenvalue weighted by atomic mass is 10.0. The zero-order valence-corrected chi connectivity index (χ0v) is 26.4. The summed E-state index contributed by atoms with van der Waals surface area (Å²) < 4.78 is 33.2. The van der Waals surface area contributed by atoms with Gasteiger partial charge in [-0.2, -0.15) is 13.2 Å². The molecule has 6 N–H and O–H groups in total. The van der Waals surface area contributed by atoms with Gasteiger partial charge in [-0.05, 0) is 23.8 Å². The number of rotatable bonds is 12. The van der Waals surface area contributed by atoms with Crippen LogP contribution in [0.5, 0.6) is 5.75 Å². The third-order valence-corrected chi connectivity index (χ3v) is 6.81. The maximum absolute atomic E-state index is 13.1. The average Bonchev–Trinajstić information content (AvgIpc) is 3.80. The number of hydrogen-bond donors (Lipinski definition) is 6. The van der Waals surface area contributed by atoms with Gasteiger partial charge in [0.15, 0.2) is 11.6 Å². The van der Waals surface area contributed by atoms with E-state index in [4.69, 9.17) is 14.7 Å². The molecule has 18 heteroatoms. The molecule has 262 valence electrons. The maximum atomic E-state index is 13.1. The highest BCUT2D eigenvalue weighted by molar-refractivity contribution is 5.95. The largest absolute Gasteiger partial charge is 0.490 e. The Morgan fingerprint density at radius 1 is 1.04 bits per heavy atom. The van der Waals surface area contributed by atoms with Crippen LogP contribution in [-0.4, -0.2) is 76.9 Å². The van der Waals surface area contributed by atoms with E-state index in [0.29, 0.717) is 23.0 Å². The molecular weight excluding hydrogens is 665 g/mol. The van der Waals surface area contributed by atoms with Crippen molar-refractivity contribution in [2.75, 3.05) is 5.32 Å². The fraction of sp³-hybridized carbons (Fsp3) is 0.219. The minimum absolute atomic E-state index is 0.0852. The zero-order valence-electron chi connectivity index (χ0n) is 26.4. The second-order valence-corrected chi connectivity index (χ2v) is 10.9. The summed E-state index contributed by atoms with van der Waals surface area (Å²) in [7, 11) is 0. The molecule has 0 bridgehead atoms. The maximum Gasteiger partial charge on any atom is 0.490 e. The van der Waals surface area contributed by atoms with Crippen molar-refractivity contribution in [1.82, 2.24) is 29.8 Å². The molecule has 5 rings (SSSR count). The number of carbonyl (C=O) groups is 4. The number of amides is 2. The molecule has 0 saturated heterocycles. The highest BCUT2D eigenvalue weighted by Gasteiger charge is 2.38. The molecule has 0 aliphatic heterocycles. The quantitative estimate of drug-likeness (QED) is 0.0812. The van der Waals surface area contributed by atoms with E-state index in [0.717, 1.165) is 16.5 Å². The Hall–Kier alpha value is -6.46. The predicted molar refractivity (Wildman–Crippen MR) is 173 cm³/mol. The number of fused-ring (bicyclic) bond motifs is 1. The molecule has 50 heavy (non-hydrogen) atoms. The number of carboxylic acids is 2. The number of nitrogens with one attached hydrogen (secondary N) is 4. The highest BCUT2D eigenvalue weighted by atomic mass is 19.4. The van der Waals surface area contributed by atoms with Crippen LogP contribution in [0, 0.1) is 5.92 Å². The van der Waals surface area contributed by atoms with Gasteiger partial charge < -0.3 is 40.2 Å². The summed E-state index contributed by atoms with van der Waals surface area (Å²) in [5, 5.41) is 27.2. The Morgan fingerprint density at radius 2 is 1.72 bits per heavy atom. The summed E-state index contributed by atoms with van der Waals surface area (Å²) in [6.07, 6.45) is 1.09. The molecule has 1 atom stereocenters. The van der Waals surface area contributed by atoms with E-state index in [1.807, 2.05) is 42.5 Å². The molecule has 0 saturated carbocycles. The molecule has 3 aromatic heterocycles. The number of benzene rings is 2. The monoisotopic (exact) mass is 696 g/mol. The molecule has 2 amide bonds. The fourth-order valence-electron chi connectivity index (χ4n) is 4.33. The fourth-order valence-corrected chi connectivity index (χ4v) is 4.33. The van der Waals surface area contributed by atoms with Crippen LogP contribution in [0.25, 0.3) is 22.4 Å². The molecule has 2 aromatic carbocycles. The van der Waals surface area contributed by atoms with E-state index in [9.17, 15) is 32.7 Å². The third-order valence-electron chi connectivity index (χ3n) is 6.81. The van der Waals surface area contributed by atoms with Gasteiger partial charge in [-0.25, -0.2) is 19.6 Å². The second kappa shape index (κ2) is 16.1. The number of H-pyrrole nitrogens is 2. The normalized spacial score (nSPS) is 12.0. The van der Waals surface area contributed by atoms with Crippen molar-refractivity contribution >= 4 is 46.7 Å². The lowest BCUT2D eigenvalue weighted by Gasteiger charge is -2.16. The molecular formula is C32H31F3N8O7. The van der Waals surface area contributed by atoms with Gasteiger partial charge in [0, 0.05) is 29.4 Å². The molecule has 15 nitrogen and oxygen atoms in total. The Morgan fingerprint density at radius 3 is 2.38 bits per heavy atom. The van der Waals surface area contributed by atoms with Crippen LogP contribution in [0.3, 0.4) is 0 Å². The molecule has 0 spiro atoms. The molecule has 0 aliphatic carbocycles. The smallest absolute Gasteiger partial charge is 0.480 e. The first kappa shape index (κ1) is 36.4. The SMILES string of the molecule is CC(C)C(=O)Nc1c(-c2ncc(/C=N\Oc3ccccc3)[nH]2)ncn1CC(=O)N[C@@H](Cc1c[nH]c2ccccc12)C(=O)O.O=C(O)C(F)(F)F. The number of imidazole rings is 2. The van der Waals surface area contributed by atoms with Crippen molar-refractivity contribution in [3.63, 3.8) is 0 Å². The summed E-state index contributed by atoms with van der Waals surface area (Å²) in [4.78, 5) is 66.9. The number of aromatic amines is 2. The van der Waals surface area contributed by atoms with Crippen LogP contribution >= 0.6 is 0 Å². The number of aromatic nitrogens is 5. The molecule has 0 radical (unpaired) electrons. The van der Waals surface area contributed by atoms with Crippen LogP contribution in [0.15, 0.2) is 78.5 Å². The Balaban J connectivity index is 0.000000727. The topological polar surface area (TPSA) is 217 Å². The van der Waals surface area contributed by atoms with Gasteiger partial charge in [0.05, 0.1) is 24.4 Å². The van der Waals surface area contributed by atoms with Gasteiger partial charge in [-0.1, -0.05) is 55.4 Å². The Bertz CT molecular complexity index is 1980. The van der Waals surface area contributed by atoms with Gasteiger partial charge in [0.25, 0.3) is 0 Å². The Labute approximate surface area is 281 Å². The van der Waals surface area contributed by atoms with E-state index in [2.05, 4.69) is 35.7 Å². The van der Waals surface area contributed by atoms with Crippen molar-refractivity contribution in [3.8, 4) is 17.3 Å². The molecule has 0 unspecified atom stereocenters. The minimum Gasteiger partial charge on any atom is -0.480 e. The summed E-state index contributed by atoms with van der Waals surface area (Å²) >= 11 is 0. The van der Waals surface area contributed by atoms with Gasteiger partial charge in [-0.15, -0.1) is 0 Å². The summed E-state index contributed by atoms with van der Waals surface area (Å²) in [5.74, 6) is -4.02. The molecule has 5 aromatic rings. The predicted octanol–water partition coefficient (Wildman–Crippen LogP) is 4.21. The van der Waals surface area contributed by atoms with Gasteiger partial charge in [0.1, 0.15) is 24.1 Å². The first-order chi connectivity index (χ1) is 23.7. The number of halogens is 3. The number of para-hydroxylation sites is 2. The van der Waals surface area contributed by atoms with Crippen LogP contribution in [0.2, 0.25) is 0 Å². The van der Waals surface area contributed by atoms with Crippen molar-refractivity contribution < 1.29 is 47.4 Å². The van der Waals surface area contributed by atoms with Gasteiger partial charge in [0.2, 0.25) is 11.8 Å².